The molecule has 1 aliphatic heterocycles. The maximum absolute atomic E-state index is 12.2. The van der Waals surface area contributed by atoms with E-state index in [1.54, 1.807) is 12.1 Å². The highest BCUT2D eigenvalue weighted by Crippen LogP contribution is 2.34. The summed E-state index contributed by atoms with van der Waals surface area (Å²) in [5.41, 5.74) is -1.98. The standard InChI is InChI=1S/C14H7N3O7.C6H5N3O5/c18-13-9-3-1-2-4-10(9)14(19)15(13)24-12-6-5-8(16(20)21)7-11(12)17(22)23;7-14-6-2-1-4(8(10)11)3-5(6)9(12)13/h1-7H;1-3H,7H2. The molecule has 0 spiro atoms. The predicted molar refractivity (Wildman–Crippen MR) is 122 cm³/mol. The number of nitro benzene ring substituents is 4. The molecule has 194 valence electrons. The van der Waals surface area contributed by atoms with Gasteiger partial charge in [-0.05, 0) is 24.3 Å². The number of nitrogens with zero attached hydrogens (tertiary/aromatic N) is 5. The first kappa shape index (κ1) is 26.6. The molecule has 2 N–H and O–H groups in total. The Morgan fingerprint density at radius 3 is 1.45 bits per heavy atom. The molecule has 1 heterocycles. The highest BCUT2D eigenvalue weighted by atomic mass is 16.7. The van der Waals surface area contributed by atoms with Gasteiger partial charge in [0, 0.05) is 12.1 Å². The van der Waals surface area contributed by atoms with E-state index in [1.165, 1.54) is 12.1 Å². The summed E-state index contributed by atoms with van der Waals surface area (Å²) in [6, 6.07) is 11.5. The fourth-order valence-electron chi connectivity index (χ4n) is 3.05. The van der Waals surface area contributed by atoms with Crippen molar-refractivity contribution in [2.24, 2.45) is 5.90 Å². The third kappa shape index (κ3) is 5.28. The summed E-state index contributed by atoms with van der Waals surface area (Å²) in [7, 11) is 0. The number of non-ortho nitro benzene ring substituents is 2. The summed E-state index contributed by atoms with van der Waals surface area (Å²) in [5, 5.41) is 42.9. The molecule has 3 aromatic rings. The van der Waals surface area contributed by atoms with Crippen molar-refractivity contribution in [3.63, 3.8) is 0 Å². The first-order valence-corrected chi connectivity index (χ1v) is 9.84. The van der Waals surface area contributed by atoms with E-state index in [4.69, 9.17) is 10.7 Å². The van der Waals surface area contributed by atoms with Gasteiger partial charge in [0.05, 0.1) is 43.0 Å². The molecule has 0 bridgehead atoms. The minimum atomic E-state index is -0.902. The number of hydroxylamine groups is 2. The molecule has 18 nitrogen and oxygen atoms in total. The number of hydrogen-bond donors (Lipinski definition) is 1. The van der Waals surface area contributed by atoms with Gasteiger partial charge in [-0.15, -0.1) is 0 Å². The van der Waals surface area contributed by atoms with Crippen LogP contribution in [0.4, 0.5) is 22.7 Å². The van der Waals surface area contributed by atoms with Crippen LogP contribution in [0.3, 0.4) is 0 Å². The van der Waals surface area contributed by atoms with E-state index in [0.717, 1.165) is 30.3 Å². The molecule has 0 saturated carbocycles. The van der Waals surface area contributed by atoms with Gasteiger partial charge in [-0.1, -0.05) is 17.2 Å². The van der Waals surface area contributed by atoms with Crippen LogP contribution in [0.15, 0.2) is 60.7 Å². The number of amides is 2. The SMILES string of the molecule is NOc1ccc([N+](=O)[O-])cc1[N+](=O)[O-].O=C1c2ccccc2C(=O)N1Oc1ccc([N+](=O)[O-])cc1[N+](=O)[O-]. The lowest BCUT2D eigenvalue weighted by atomic mass is 10.1. The lowest BCUT2D eigenvalue weighted by Gasteiger charge is -2.14. The monoisotopic (exact) mass is 528 g/mol. The van der Waals surface area contributed by atoms with E-state index in [9.17, 15) is 50.0 Å². The first-order chi connectivity index (χ1) is 18.0. The Kier molecular flexibility index (Phi) is 7.48. The normalized spacial score (nSPS) is 11.7. The Morgan fingerprint density at radius 2 is 1.05 bits per heavy atom. The zero-order valence-electron chi connectivity index (χ0n) is 18.5. The zero-order valence-corrected chi connectivity index (χ0v) is 18.5. The molecule has 0 aromatic heterocycles. The average molecular weight is 528 g/mol. The maximum Gasteiger partial charge on any atom is 0.321 e. The Hall–Kier alpha value is -6.04. The van der Waals surface area contributed by atoms with Gasteiger partial charge in [0.15, 0.2) is 0 Å². The van der Waals surface area contributed by atoms with Crippen LogP contribution in [0, 0.1) is 40.5 Å². The molecule has 38 heavy (non-hydrogen) atoms. The van der Waals surface area contributed by atoms with E-state index >= 15 is 0 Å². The third-order valence-corrected chi connectivity index (χ3v) is 4.77. The zero-order chi connectivity index (χ0) is 28.1. The summed E-state index contributed by atoms with van der Waals surface area (Å²) < 4.78 is 0. The molecule has 0 atom stereocenters. The molecule has 0 radical (unpaired) electrons. The number of nitrogens with two attached hydrogens (primary N) is 1. The predicted octanol–water partition coefficient (Wildman–Crippen LogP) is 2.85. The topological polar surface area (TPSA) is 254 Å². The van der Waals surface area contributed by atoms with Gasteiger partial charge in [-0.3, -0.25) is 50.0 Å². The molecular weight excluding hydrogens is 516 g/mol. The number of rotatable bonds is 7. The lowest BCUT2D eigenvalue weighted by molar-refractivity contribution is -0.395. The maximum atomic E-state index is 12.2. The van der Waals surface area contributed by atoms with Crippen LogP contribution in [0.2, 0.25) is 0 Å². The molecule has 0 saturated heterocycles. The van der Waals surface area contributed by atoms with Crippen LogP contribution in [0.25, 0.3) is 0 Å². The van der Waals surface area contributed by atoms with Gasteiger partial charge in [-0.25, -0.2) is 0 Å². The van der Waals surface area contributed by atoms with E-state index < -0.39 is 60.0 Å². The van der Waals surface area contributed by atoms with Crippen molar-refractivity contribution in [1.29, 1.82) is 0 Å². The van der Waals surface area contributed by atoms with Crippen molar-refractivity contribution in [2.45, 2.75) is 0 Å². The smallest absolute Gasteiger partial charge is 0.321 e. The van der Waals surface area contributed by atoms with Gasteiger partial charge in [0.1, 0.15) is 0 Å². The Labute approximate surface area is 208 Å². The highest BCUT2D eigenvalue weighted by Gasteiger charge is 2.39. The summed E-state index contributed by atoms with van der Waals surface area (Å²) in [6.07, 6.45) is 0. The van der Waals surface area contributed by atoms with Gasteiger partial charge >= 0.3 is 11.4 Å². The minimum Gasteiger partial charge on any atom is -0.404 e. The number of carbonyl (C=O) groups is 2. The molecule has 0 fully saturated rings. The first-order valence-electron chi connectivity index (χ1n) is 9.84. The second-order valence-electron chi connectivity index (χ2n) is 6.99. The number of imide groups is 1. The molecule has 0 aliphatic carbocycles. The third-order valence-electron chi connectivity index (χ3n) is 4.77. The number of hydrogen-bond acceptors (Lipinski definition) is 13. The van der Waals surface area contributed by atoms with E-state index in [1.807, 2.05) is 0 Å². The largest absolute Gasteiger partial charge is 0.404 e. The fraction of sp³-hybridized carbons (Fsp3) is 0. The van der Waals surface area contributed by atoms with Crippen LogP contribution >= 0.6 is 0 Å². The number of nitro groups is 4. The number of carbonyl (C=O) groups excluding carboxylic acids is 2. The average Bonchev–Trinajstić information content (AvgIpc) is 3.13. The summed E-state index contributed by atoms with van der Waals surface area (Å²) in [6.45, 7) is 0. The number of fused-ring (bicyclic) bond motifs is 1. The van der Waals surface area contributed by atoms with Crippen molar-refractivity contribution in [2.75, 3.05) is 0 Å². The molecule has 1 aliphatic rings. The number of benzene rings is 3. The van der Waals surface area contributed by atoms with Crippen molar-refractivity contribution >= 4 is 34.6 Å². The van der Waals surface area contributed by atoms with Crippen LogP contribution in [0.5, 0.6) is 11.5 Å². The summed E-state index contributed by atoms with van der Waals surface area (Å²) in [4.78, 5) is 72.8. The Balaban J connectivity index is 0.000000244. The Morgan fingerprint density at radius 1 is 0.632 bits per heavy atom. The van der Waals surface area contributed by atoms with Crippen LogP contribution < -0.4 is 15.6 Å². The van der Waals surface area contributed by atoms with Crippen LogP contribution in [-0.2, 0) is 0 Å². The highest BCUT2D eigenvalue weighted by molar-refractivity contribution is 6.20. The Bertz CT molecular complexity index is 1470. The van der Waals surface area contributed by atoms with Crippen LogP contribution in [0.1, 0.15) is 20.7 Å². The molecule has 18 heteroatoms. The van der Waals surface area contributed by atoms with E-state index in [0.29, 0.717) is 11.1 Å². The quantitative estimate of drug-likeness (QED) is 0.263. The minimum absolute atomic E-state index is 0.104. The second-order valence-corrected chi connectivity index (χ2v) is 6.99. The van der Waals surface area contributed by atoms with Crippen molar-refractivity contribution in [1.82, 2.24) is 5.06 Å². The van der Waals surface area contributed by atoms with Gasteiger partial charge in [0.25, 0.3) is 23.2 Å². The van der Waals surface area contributed by atoms with Crippen molar-refractivity contribution in [3.8, 4) is 11.5 Å². The van der Waals surface area contributed by atoms with Crippen LogP contribution in [-0.4, -0.2) is 36.6 Å². The molecule has 4 rings (SSSR count). The van der Waals surface area contributed by atoms with Crippen molar-refractivity contribution in [3.05, 3.63) is 112 Å². The molecular formula is C20H12N6O12. The fourth-order valence-corrected chi connectivity index (χ4v) is 3.05. The van der Waals surface area contributed by atoms with E-state index in [2.05, 4.69) is 4.84 Å². The lowest BCUT2D eigenvalue weighted by Crippen LogP contribution is -2.33. The molecule has 3 aromatic carbocycles. The van der Waals surface area contributed by atoms with Gasteiger partial charge in [0.2, 0.25) is 11.5 Å². The van der Waals surface area contributed by atoms with Gasteiger partial charge < -0.3 is 9.68 Å². The van der Waals surface area contributed by atoms with Crippen molar-refractivity contribution < 1.29 is 39.0 Å². The summed E-state index contributed by atoms with van der Waals surface area (Å²) in [5.74, 6) is 2.51. The van der Waals surface area contributed by atoms with E-state index in [-0.39, 0.29) is 16.9 Å². The molecule has 0 unspecified atom stereocenters. The second kappa shape index (κ2) is 10.7. The molecule has 2 amide bonds. The van der Waals surface area contributed by atoms with Gasteiger partial charge in [-0.2, -0.15) is 5.90 Å². The summed E-state index contributed by atoms with van der Waals surface area (Å²) >= 11 is 0.